The second kappa shape index (κ2) is 4.30. The zero-order valence-electron chi connectivity index (χ0n) is 8.82. The zero-order valence-corrected chi connectivity index (χ0v) is 8.82. The first-order valence-corrected chi connectivity index (χ1v) is 5.18. The number of rotatable bonds is 2. The number of hydrogen-bond donors (Lipinski definition) is 0. The van der Waals surface area contributed by atoms with Gasteiger partial charge in [0.1, 0.15) is 0 Å². The second-order valence-corrected chi connectivity index (χ2v) is 3.69. The topological polar surface area (TPSA) is 26.3 Å². The monoisotopic (exact) mass is 202 g/mol. The third-order valence-corrected chi connectivity index (χ3v) is 2.78. The summed E-state index contributed by atoms with van der Waals surface area (Å²) in [6.45, 7) is 0. The molecule has 0 saturated heterocycles. The fourth-order valence-corrected chi connectivity index (χ4v) is 2.03. The number of carbonyl (C=O) groups excluding carboxylic acids is 1. The van der Waals surface area contributed by atoms with Crippen molar-refractivity contribution in [1.29, 1.82) is 0 Å². The smallest absolute Gasteiger partial charge is 0.330 e. The van der Waals surface area contributed by atoms with E-state index in [1.165, 1.54) is 30.7 Å². The predicted octanol–water partition coefficient (Wildman–Crippen LogP) is 2.36. The lowest BCUT2D eigenvalue weighted by Gasteiger charge is -2.02. The van der Waals surface area contributed by atoms with Gasteiger partial charge in [0.2, 0.25) is 0 Å². The van der Waals surface area contributed by atoms with Crippen LogP contribution in [0.5, 0.6) is 0 Å². The molecule has 0 atom stereocenters. The van der Waals surface area contributed by atoms with Crippen molar-refractivity contribution in [3.63, 3.8) is 0 Å². The van der Waals surface area contributed by atoms with Gasteiger partial charge in [-0.3, -0.25) is 0 Å². The maximum Gasteiger partial charge on any atom is 0.330 e. The lowest BCUT2D eigenvalue weighted by molar-refractivity contribution is -0.134. The predicted molar refractivity (Wildman–Crippen MR) is 59.5 cm³/mol. The molecular formula is C13H14O2. The van der Waals surface area contributed by atoms with Gasteiger partial charge in [0.25, 0.3) is 0 Å². The van der Waals surface area contributed by atoms with E-state index in [0.29, 0.717) is 0 Å². The Bertz CT molecular complexity index is 405. The van der Waals surface area contributed by atoms with Crippen LogP contribution in [0.4, 0.5) is 0 Å². The van der Waals surface area contributed by atoms with E-state index in [-0.39, 0.29) is 5.97 Å². The molecule has 15 heavy (non-hydrogen) atoms. The molecule has 0 bridgehead atoms. The summed E-state index contributed by atoms with van der Waals surface area (Å²) in [7, 11) is 1.39. The number of hydrogen-bond acceptors (Lipinski definition) is 2. The fourth-order valence-electron chi connectivity index (χ4n) is 2.03. The summed E-state index contributed by atoms with van der Waals surface area (Å²) >= 11 is 0. The Balaban J connectivity index is 2.26. The van der Waals surface area contributed by atoms with Crippen LogP contribution >= 0.6 is 0 Å². The van der Waals surface area contributed by atoms with Gasteiger partial charge in [-0.05, 0) is 42.0 Å². The molecule has 78 valence electrons. The molecule has 0 amide bonds. The van der Waals surface area contributed by atoms with Crippen LogP contribution in [-0.2, 0) is 22.4 Å². The van der Waals surface area contributed by atoms with Gasteiger partial charge < -0.3 is 4.74 Å². The highest BCUT2D eigenvalue weighted by Gasteiger charge is 2.12. The Morgan fingerprint density at radius 1 is 1.40 bits per heavy atom. The van der Waals surface area contributed by atoms with Crippen LogP contribution in [0.1, 0.15) is 23.1 Å². The largest absolute Gasteiger partial charge is 0.466 e. The van der Waals surface area contributed by atoms with Gasteiger partial charge in [-0.25, -0.2) is 4.79 Å². The average molecular weight is 202 g/mol. The van der Waals surface area contributed by atoms with Gasteiger partial charge in [-0.2, -0.15) is 0 Å². The van der Waals surface area contributed by atoms with E-state index >= 15 is 0 Å². The molecule has 0 saturated carbocycles. The summed E-state index contributed by atoms with van der Waals surface area (Å²) in [5.41, 5.74) is 3.95. The molecule has 0 aromatic heterocycles. The summed E-state index contributed by atoms with van der Waals surface area (Å²) in [5.74, 6) is -0.300. The van der Waals surface area contributed by atoms with E-state index in [2.05, 4.69) is 10.8 Å². The van der Waals surface area contributed by atoms with E-state index < -0.39 is 0 Å². The molecular weight excluding hydrogens is 188 g/mol. The first-order valence-electron chi connectivity index (χ1n) is 5.18. The Kier molecular flexibility index (Phi) is 2.86. The van der Waals surface area contributed by atoms with Crippen molar-refractivity contribution >= 4 is 12.0 Å². The molecule has 0 N–H and O–H groups in total. The van der Waals surface area contributed by atoms with Gasteiger partial charge in [-0.1, -0.05) is 18.2 Å². The van der Waals surface area contributed by atoms with Crippen LogP contribution < -0.4 is 0 Å². The zero-order chi connectivity index (χ0) is 10.7. The van der Waals surface area contributed by atoms with E-state index in [1.807, 2.05) is 18.2 Å². The first kappa shape index (κ1) is 9.97. The van der Waals surface area contributed by atoms with Crippen LogP contribution in [0, 0.1) is 0 Å². The molecule has 0 heterocycles. The van der Waals surface area contributed by atoms with Crippen molar-refractivity contribution < 1.29 is 9.53 Å². The molecule has 0 radical (unpaired) electrons. The molecule has 2 rings (SSSR count). The molecule has 1 aromatic rings. The highest BCUT2D eigenvalue weighted by Crippen LogP contribution is 2.25. The lowest BCUT2D eigenvalue weighted by atomic mass is 10.0. The van der Waals surface area contributed by atoms with E-state index in [4.69, 9.17) is 0 Å². The van der Waals surface area contributed by atoms with Gasteiger partial charge in [0.05, 0.1) is 7.11 Å². The van der Waals surface area contributed by atoms with Crippen LogP contribution in [-0.4, -0.2) is 13.1 Å². The number of methoxy groups -OCH3 is 1. The third-order valence-electron chi connectivity index (χ3n) is 2.78. The van der Waals surface area contributed by atoms with Gasteiger partial charge in [0, 0.05) is 6.08 Å². The van der Waals surface area contributed by atoms with Crippen molar-refractivity contribution in [2.45, 2.75) is 19.3 Å². The maximum absolute atomic E-state index is 11.0. The summed E-state index contributed by atoms with van der Waals surface area (Å²) in [5, 5.41) is 0. The molecule has 1 aliphatic carbocycles. The van der Waals surface area contributed by atoms with Crippen molar-refractivity contribution in [2.24, 2.45) is 0 Å². The second-order valence-electron chi connectivity index (χ2n) is 3.69. The van der Waals surface area contributed by atoms with Crippen LogP contribution in [0.3, 0.4) is 0 Å². The molecule has 0 aliphatic heterocycles. The minimum absolute atomic E-state index is 0.300. The Hall–Kier alpha value is -1.57. The van der Waals surface area contributed by atoms with Gasteiger partial charge in [0.15, 0.2) is 0 Å². The highest BCUT2D eigenvalue weighted by atomic mass is 16.5. The van der Waals surface area contributed by atoms with Crippen molar-refractivity contribution in [1.82, 2.24) is 0 Å². The molecule has 0 fully saturated rings. The van der Waals surface area contributed by atoms with Crippen molar-refractivity contribution in [2.75, 3.05) is 7.11 Å². The molecule has 0 unspecified atom stereocenters. The molecule has 2 nitrogen and oxygen atoms in total. The number of benzene rings is 1. The maximum atomic E-state index is 11.0. The SMILES string of the molecule is COC(=O)/C=C/c1cccc2c1CCC2. The molecule has 2 heteroatoms. The normalized spacial score (nSPS) is 14.2. The van der Waals surface area contributed by atoms with Gasteiger partial charge in [-0.15, -0.1) is 0 Å². The fraction of sp³-hybridized carbons (Fsp3) is 0.308. The van der Waals surface area contributed by atoms with Crippen LogP contribution in [0.15, 0.2) is 24.3 Å². The molecule has 0 spiro atoms. The first-order chi connectivity index (χ1) is 7.31. The summed E-state index contributed by atoms with van der Waals surface area (Å²) in [6.07, 6.45) is 6.83. The number of esters is 1. The van der Waals surface area contributed by atoms with Crippen LogP contribution in [0.2, 0.25) is 0 Å². The minimum Gasteiger partial charge on any atom is -0.466 e. The number of ether oxygens (including phenoxy) is 1. The van der Waals surface area contributed by atoms with E-state index in [0.717, 1.165) is 18.4 Å². The number of fused-ring (bicyclic) bond motifs is 1. The Morgan fingerprint density at radius 3 is 3.07 bits per heavy atom. The van der Waals surface area contributed by atoms with Gasteiger partial charge >= 0.3 is 5.97 Å². The molecule has 1 aromatic carbocycles. The average Bonchev–Trinajstić information content (AvgIpc) is 2.74. The molecule has 1 aliphatic rings. The van der Waals surface area contributed by atoms with Crippen molar-refractivity contribution in [3.05, 3.63) is 41.0 Å². The number of aryl methyl sites for hydroxylation is 1. The summed E-state index contributed by atoms with van der Waals surface area (Å²) < 4.78 is 4.57. The standard InChI is InChI=1S/C13H14O2/c1-15-13(14)9-8-11-5-2-4-10-6-3-7-12(10)11/h2,4-5,8-9H,3,6-7H2,1H3/b9-8+. The quantitative estimate of drug-likeness (QED) is 0.543. The highest BCUT2D eigenvalue weighted by molar-refractivity contribution is 5.87. The Morgan fingerprint density at radius 2 is 2.27 bits per heavy atom. The summed E-state index contributed by atoms with van der Waals surface area (Å²) in [6, 6.07) is 6.25. The minimum atomic E-state index is -0.300. The Labute approximate surface area is 89.6 Å². The van der Waals surface area contributed by atoms with E-state index in [1.54, 1.807) is 0 Å². The summed E-state index contributed by atoms with van der Waals surface area (Å²) in [4.78, 5) is 11.0. The van der Waals surface area contributed by atoms with Crippen LogP contribution in [0.25, 0.3) is 6.08 Å². The number of carbonyl (C=O) groups is 1. The van der Waals surface area contributed by atoms with Crippen molar-refractivity contribution in [3.8, 4) is 0 Å². The lowest BCUT2D eigenvalue weighted by Crippen LogP contribution is -1.94. The van der Waals surface area contributed by atoms with E-state index in [9.17, 15) is 4.79 Å². The third kappa shape index (κ3) is 2.09.